The second-order valence-electron chi connectivity index (χ2n) is 6.61. The molecule has 0 saturated heterocycles. The van der Waals surface area contributed by atoms with Crippen LogP contribution >= 0.6 is 0 Å². The largest absolute Gasteiger partial charge is 0.389 e. The third-order valence-corrected chi connectivity index (χ3v) is 4.49. The number of hydrogen-bond acceptors (Lipinski definition) is 2. The molecule has 0 aliphatic heterocycles. The molecule has 0 aromatic heterocycles. The van der Waals surface area contributed by atoms with Gasteiger partial charge in [0, 0.05) is 17.6 Å². The molecule has 23 heavy (non-hydrogen) atoms. The van der Waals surface area contributed by atoms with Gasteiger partial charge in [-0.1, -0.05) is 25.0 Å². The highest BCUT2D eigenvalue weighted by molar-refractivity contribution is 5.93. The lowest BCUT2D eigenvalue weighted by atomic mass is 9.74. The summed E-state index contributed by atoms with van der Waals surface area (Å²) in [7, 11) is 0. The van der Waals surface area contributed by atoms with Gasteiger partial charge in [0.2, 0.25) is 5.91 Å². The summed E-state index contributed by atoms with van der Waals surface area (Å²) < 4.78 is 36.6. The molecule has 1 aromatic rings. The van der Waals surface area contributed by atoms with Crippen LogP contribution in [0.2, 0.25) is 0 Å². The molecule has 1 amide bonds. The fourth-order valence-corrected chi connectivity index (χ4v) is 3.06. The van der Waals surface area contributed by atoms with Gasteiger partial charge in [-0.05, 0) is 43.9 Å². The molecule has 2 atom stereocenters. The molecule has 128 valence electrons. The van der Waals surface area contributed by atoms with Crippen LogP contribution in [0.5, 0.6) is 0 Å². The topological polar surface area (TPSA) is 55.1 Å². The van der Waals surface area contributed by atoms with Crippen molar-refractivity contribution in [3.05, 3.63) is 29.8 Å². The SMILES string of the molecule is CC1(N)CCCCC1C(=O)Nc1ccc(CCC(F)(F)F)cc1. The molecule has 3 N–H and O–H groups in total. The smallest absolute Gasteiger partial charge is 0.326 e. The van der Waals surface area contributed by atoms with Crippen LogP contribution in [0, 0.1) is 5.92 Å². The number of hydrogen-bond donors (Lipinski definition) is 2. The van der Waals surface area contributed by atoms with E-state index in [1.807, 2.05) is 6.92 Å². The van der Waals surface area contributed by atoms with Crippen molar-refractivity contribution < 1.29 is 18.0 Å². The number of carbonyl (C=O) groups is 1. The van der Waals surface area contributed by atoms with E-state index in [1.165, 1.54) is 0 Å². The van der Waals surface area contributed by atoms with Crippen LogP contribution in [0.4, 0.5) is 18.9 Å². The minimum absolute atomic E-state index is 0.0543. The third-order valence-electron chi connectivity index (χ3n) is 4.49. The quantitative estimate of drug-likeness (QED) is 0.877. The van der Waals surface area contributed by atoms with Gasteiger partial charge in [0.15, 0.2) is 0 Å². The normalized spacial score (nSPS) is 25.2. The summed E-state index contributed by atoms with van der Waals surface area (Å²) in [6, 6.07) is 6.51. The molecule has 0 heterocycles. The van der Waals surface area contributed by atoms with Gasteiger partial charge in [-0.25, -0.2) is 0 Å². The lowest BCUT2D eigenvalue weighted by Crippen LogP contribution is -2.51. The molecule has 1 aromatic carbocycles. The number of rotatable bonds is 4. The molecule has 1 fully saturated rings. The van der Waals surface area contributed by atoms with E-state index in [1.54, 1.807) is 24.3 Å². The Morgan fingerprint density at radius 1 is 1.30 bits per heavy atom. The summed E-state index contributed by atoms with van der Waals surface area (Å²) in [4.78, 5) is 12.4. The van der Waals surface area contributed by atoms with Gasteiger partial charge >= 0.3 is 6.18 Å². The molecule has 2 unspecified atom stereocenters. The van der Waals surface area contributed by atoms with Crippen LogP contribution in [0.1, 0.15) is 44.6 Å². The molecule has 0 spiro atoms. The fraction of sp³-hybridized carbons (Fsp3) is 0.588. The first-order valence-corrected chi connectivity index (χ1v) is 7.93. The van der Waals surface area contributed by atoms with Crippen molar-refractivity contribution in [3.8, 4) is 0 Å². The number of benzene rings is 1. The highest BCUT2D eigenvalue weighted by atomic mass is 19.4. The molecule has 2 rings (SSSR count). The maximum absolute atomic E-state index is 12.4. The van der Waals surface area contributed by atoms with Crippen LogP contribution in [-0.4, -0.2) is 17.6 Å². The van der Waals surface area contributed by atoms with Gasteiger partial charge in [0.25, 0.3) is 0 Å². The summed E-state index contributed by atoms with van der Waals surface area (Å²) in [5.74, 6) is -0.348. The first-order chi connectivity index (χ1) is 10.7. The monoisotopic (exact) mass is 328 g/mol. The van der Waals surface area contributed by atoms with E-state index in [0.29, 0.717) is 11.3 Å². The molecule has 3 nitrogen and oxygen atoms in total. The summed E-state index contributed by atoms with van der Waals surface area (Å²) in [5.41, 5.74) is 6.90. The molecular formula is C17H23F3N2O. The number of carbonyl (C=O) groups excluding carboxylic acids is 1. The van der Waals surface area contributed by atoms with Gasteiger partial charge in [0.05, 0.1) is 5.92 Å². The van der Waals surface area contributed by atoms with Crippen LogP contribution in [0.15, 0.2) is 24.3 Å². The van der Waals surface area contributed by atoms with Gasteiger partial charge in [-0.2, -0.15) is 13.2 Å². The average Bonchev–Trinajstić information content (AvgIpc) is 2.45. The van der Waals surface area contributed by atoms with E-state index in [2.05, 4.69) is 5.32 Å². The molecular weight excluding hydrogens is 305 g/mol. The molecule has 0 bridgehead atoms. The van der Waals surface area contributed by atoms with E-state index >= 15 is 0 Å². The van der Waals surface area contributed by atoms with Crippen molar-refractivity contribution in [3.63, 3.8) is 0 Å². The highest BCUT2D eigenvalue weighted by Crippen LogP contribution is 2.32. The van der Waals surface area contributed by atoms with Gasteiger partial charge in [-0.3, -0.25) is 4.79 Å². The Balaban J connectivity index is 1.94. The van der Waals surface area contributed by atoms with Gasteiger partial charge < -0.3 is 11.1 Å². The van der Waals surface area contributed by atoms with E-state index in [9.17, 15) is 18.0 Å². The number of amides is 1. The van der Waals surface area contributed by atoms with Crippen LogP contribution in [0.3, 0.4) is 0 Å². The second-order valence-corrected chi connectivity index (χ2v) is 6.61. The molecule has 1 aliphatic carbocycles. The summed E-state index contributed by atoms with van der Waals surface area (Å²) in [5, 5.41) is 2.83. The predicted molar refractivity (Wildman–Crippen MR) is 84.0 cm³/mol. The minimum atomic E-state index is -4.15. The van der Waals surface area contributed by atoms with E-state index in [4.69, 9.17) is 5.73 Å². The predicted octanol–water partition coefficient (Wildman–Crippen LogP) is 4.03. The zero-order valence-corrected chi connectivity index (χ0v) is 13.2. The average molecular weight is 328 g/mol. The Bertz CT molecular complexity index is 538. The Morgan fingerprint density at radius 2 is 1.96 bits per heavy atom. The lowest BCUT2D eigenvalue weighted by Gasteiger charge is -2.37. The van der Waals surface area contributed by atoms with Crippen molar-refractivity contribution in [2.24, 2.45) is 11.7 Å². The van der Waals surface area contributed by atoms with Crippen LogP contribution in [0.25, 0.3) is 0 Å². The van der Waals surface area contributed by atoms with Crippen molar-refractivity contribution in [2.75, 3.05) is 5.32 Å². The van der Waals surface area contributed by atoms with E-state index < -0.39 is 18.1 Å². The third kappa shape index (κ3) is 5.23. The zero-order chi connectivity index (χ0) is 17.1. The number of nitrogens with one attached hydrogen (secondary N) is 1. The maximum Gasteiger partial charge on any atom is 0.389 e. The molecule has 1 aliphatic rings. The number of anilines is 1. The zero-order valence-electron chi connectivity index (χ0n) is 13.2. The fourth-order valence-electron chi connectivity index (χ4n) is 3.06. The molecule has 6 heteroatoms. The lowest BCUT2D eigenvalue weighted by molar-refractivity contribution is -0.134. The number of nitrogens with two attached hydrogens (primary N) is 1. The first-order valence-electron chi connectivity index (χ1n) is 7.93. The standard InChI is InChI=1S/C17H23F3N2O/c1-16(21)10-3-2-4-14(16)15(23)22-13-7-5-12(6-8-13)9-11-17(18,19)20/h5-8,14H,2-4,9-11,21H2,1H3,(H,22,23). The summed E-state index contributed by atoms with van der Waals surface area (Å²) in [6.07, 6.45) is -1.44. The van der Waals surface area contributed by atoms with Crippen molar-refractivity contribution in [2.45, 2.75) is 57.2 Å². The Kier molecular flexibility index (Phi) is 5.34. The molecule has 0 radical (unpaired) electrons. The summed E-state index contributed by atoms with van der Waals surface area (Å²) in [6.45, 7) is 1.90. The van der Waals surface area contributed by atoms with Crippen molar-refractivity contribution in [1.29, 1.82) is 0 Å². The number of aryl methyl sites for hydroxylation is 1. The Labute approximate surface area is 134 Å². The number of alkyl halides is 3. The van der Waals surface area contributed by atoms with Crippen molar-refractivity contribution >= 4 is 11.6 Å². The number of halogens is 3. The van der Waals surface area contributed by atoms with E-state index in [0.717, 1.165) is 25.7 Å². The van der Waals surface area contributed by atoms with Gasteiger partial charge in [-0.15, -0.1) is 0 Å². The highest BCUT2D eigenvalue weighted by Gasteiger charge is 2.37. The van der Waals surface area contributed by atoms with Crippen LogP contribution in [-0.2, 0) is 11.2 Å². The Morgan fingerprint density at radius 3 is 2.52 bits per heavy atom. The summed E-state index contributed by atoms with van der Waals surface area (Å²) >= 11 is 0. The van der Waals surface area contributed by atoms with Crippen LogP contribution < -0.4 is 11.1 Å². The first kappa shape index (κ1) is 17.8. The molecule has 1 saturated carbocycles. The maximum atomic E-state index is 12.4. The van der Waals surface area contributed by atoms with E-state index in [-0.39, 0.29) is 18.2 Å². The van der Waals surface area contributed by atoms with Gasteiger partial charge in [0.1, 0.15) is 0 Å². The minimum Gasteiger partial charge on any atom is -0.326 e. The second kappa shape index (κ2) is 6.91. The Hall–Kier alpha value is -1.56. The van der Waals surface area contributed by atoms with Crippen molar-refractivity contribution in [1.82, 2.24) is 0 Å².